The Morgan fingerprint density at radius 1 is 1.05 bits per heavy atom. The fraction of sp³-hybridized carbons (Fsp3) is 0.533. The number of nitrogens with zero attached hydrogens (tertiary/aromatic N) is 6. The van der Waals surface area contributed by atoms with E-state index in [1.54, 1.807) is 11.6 Å². The summed E-state index contributed by atoms with van der Waals surface area (Å²) in [6, 6.07) is 9.91. The smallest absolute Gasteiger partial charge is 0.381 e. The maximum atomic E-state index is 13.3. The number of alkyl halides is 3. The number of rotatable bonds is 8. The summed E-state index contributed by atoms with van der Waals surface area (Å²) in [7, 11) is 1.73. The van der Waals surface area contributed by atoms with Crippen molar-refractivity contribution in [3.8, 4) is 11.1 Å². The van der Waals surface area contributed by atoms with Crippen LogP contribution in [0.3, 0.4) is 0 Å². The Hall–Kier alpha value is -3.39. The second kappa shape index (κ2) is 12.3. The van der Waals surface area contributed by atoms with Crippen LogP contribution in [0.1, 0.15) is 50.4 Å². The molecule has 6 rings (SSSR count). The van der Waals surface area contributed by atoms with Crippen LogP contribution in [0.4, 0.5) is 13.2 Å². The summed E-state index contributed by atoms with van der Waals surface area (Å²) in [6.45, 7) is 5.34. The van der Waals surface area contributed by atoms with Gasteiger partial charge in [-0.15, -0.1) is 23.4 Å². The molecular weight excluding hydrogens is 565 g/mol. The summed E-state index contributed by atoms with van der Waals surface area (Å²) in [5.41, 5.74) is 4.60. The van der Waals surface area contributed by atoms with Crippen LogP contribution in [0, 0.1) is 0 Å². The summed E-state index contributed by atoms with van der Waals surface area (Å²) in [5, 5.41) is 9.62. The molecule has 1 aromatic carbocycles. The first-order chi connectivity index (χ1) is 20.7. The summed E-state index contributed by atoms with van der Waals surface area (Å²) in [5.74, 6) is 0. The van der Waals surface area contributed by atoms with E-state index in [1.807, 2.05) is 48.0 Å². The predicted molar refractivity (Wildman–Crippen MR) is 154 cm³/mol. The number of pyridine rings is 1. The maximum Gasteiger partial charge on any atom is 0.522 e. The van der Waals surface area contributed by atoms with E-state index >= 15 is 0 Å². The monoisotopic (exact) mass is 600 g/mol. The molecule has 0 radical (unpaired) electrons. The van der Waals surface area contributed by atoms with E-state index < -0.39 is 12.5 Å². The zero-order valence-corrected chi connectivity index (χ0v) is 24.2. The number of benzene rings is 1. The van der Waals surface area contributed by atoms with Crippen LogP contribution in [0.2, 0.25) is 0 Å². The highest BCUT2D eigenvalue weighted by Crippen LogP contribution is 2.31. The summed E-state index contributed by atoms with van der Waals surface area (Å²) < 4.78 is 56.4. The van der Waals surface area contributed by atoms with Gasteiger partial charge in [-0.3, -0.25) is 18.9 Å². The van der Waals surface area contributed by atoms with Crippen molar-refractivity contribution in [3.05, 3.63) is 52.7 Å². The molecule has 0 unspecified atom stereocenters. The second-order valence-corrected chi connectivity index (χ2v) is 11.2. The van der Waals surface area contributed by atoms with Crippen LogP contribution in [0.25, 0.3) is 33.2 Å². The maximum absolute atomic E-state index is 13.3. The Labute approximate surface area is 246 Å². The molecular formula is C30H35F3N6O4. The lowest BCUT2D eigenvalue weighted by Gasteiger charge is -2.32. The van der Waals surface area contributed by atoms with Crippen molar-refractivity contribution in [1.29, 1.82) is 0 Å². The lowest BCUT2D eigenvalue weighted by atomic mass is 10.0. The largest absolute Gasteiger partial charge is 0.522 e. The molecule has 2 saturated heterocycles. The molecule has 0 amide bonds. The molecule has 1 atom stereocenters. The third-order valence-corrected chi connectivity index (χ3v) is 8.47. The molecule has 230 valence electrons. The molecule has 13 heteroatoms. The highest BCUT2D eigenvalue weighted by molar-refractivity contribution is 6.02. The zero-order valence-electron chi connectivity index (χ0n) is 24.2. The van der Waals surface area contributed by atoms with Crippen molar-refractivity contribution in [1.82, 2.24) is 29.2 Å². The number of hydrogen-bond donors (Lipinski definition) is 0. The van der Waals surface area contributed by atoms with Gasteiger partial charge in [0.25, 0.3) is 0 Å². The normalized spacial score (nSPS) is 18.5. The lowest BCUT2D eigenvalue weighted by Crippen LogP contribution is -2.40. The molecule has 5 heterocycles. The first-order valence-corrected chi connectivity index (χ1v) is 14.7. The molecule has 0 saturated carbocycles. The molecule has 0 spiro atoms. The Morgan fingerprint density at radius 3 is 2.49 bits per heavy atom. The van der Waals surface area contributed by atoms with Crippen molar-refractivity contribution in [2.24, 2.45) is 7.05 Å². The highest BCUT2D eigenvalue weighted by Gasteiger charge is 2.35. The first kappa shape index (κ1) is 29.7. The Kier molecular flexibility index (Phi) is 8.49. The fourth-order valence-electron chi connectivity index (χ4n) is 6.06. The number of fused-ring (bicyclic) bond motifs is 3. The number of likely N-dealkylation sites (tertiary alicyclic amines) is 1. The number of aryl methyl sites for hydroxylation is 1. The predicted octanol–water partition coefficient (Wildman–Crippen LogP) is 4.78. The third kappa shape index (κ3) is 6.44. The number of ether oxygens (including phenoxy) is 3. The van der Waals surface area contributed by atoms with Gasteiger partial charge in [0.1, 0.15) is 5.52 Å². The lowest BCUT2D eigenvalue weighted by molar-refractivity contribution is -0.345. The molecule has 2 aliphatic heterocycles. The van der Waals surface area contributed by atoms with Crippen LogP contribution >= 0.6 is 0 Å². The van der Waals surface area contributed by atoms with Crippen LogP contribution in [-0.2, 0) is 21.3 Å². The van der Waals surface area contributed by atoms with Gasteiger partial charge in [0.2, 0.25) is 0 Å². The SMILES string of the molecule is C[C@@H](OCCN1CCC(OC(F)(F)F)CC1)c1ccc(-c2ccc3nnc4c(c3c2)n(C2CCOCC2)c(=O)n4C)cn1. The number of hydrogen-bond acceptors (Lipinski definition) is 8. The van der Waals surface area contributed by atoms with Crippen LogP contribution in [0.5, 0.6) is 0 Å². The standard InChI is InChI=1S/C30H35F3N6O4/c1-19(42-16-13-38-11-7-23(8-12-38)43-30(31,32)33)25-5-4-21(18-34-25)20-3-6-26-24(17-20)27-28(36-35-26)37(2)29(40)39(27)22-9-14-41-15-10-22/h3-6,17-19,22-23H,7-16H2,1-2H3/t19-/m1/s1. The van der Waals surface area contributed by atoms with Gasteiger partial charge in [-0.25, -0.2) is 4.79 Å². The van der Waals surface area contributed by atoms with Gasteiger partial charge in [0.05, 0.1) is 30.0 Å². The Balaban J connectivity index is 1.14. The topological polar surface area (TPSA) is 96.5 Å². The average molecular weight is 601 g/mol. The van der Waals surface area contributed by atoms with E-state index in [-0.39, 0.29) is 17.8 Å². The van der Waals surface area contributed by atoms with Gasteiger partial charge in [-0.1, -0.05) is 12.1 Å². The fourth-order valence-corrected chi connectivity index (χ4v) is 6.06. The quantitative estimate of drug-likeness (QED) is 0.285. The van der Waals surface area contributed by atoms with Crippen LogP contribution in [0.15, 0.2) is 41.3 Å². The minimum absolute atomic E-state index is 0.0404. The molecule has 3 aromatic heterocycles. The zero-order chi connectivity index (χ0) is 30.1. The number of halogens is 3. The average Bonchev–Trinajstić information content (AvgIpc) is 3.27. The van der Waals surface area contributed by atoms with E-state index in [2.05, 4.69) is 24.8 Å². The van der Waals surface area contributed by atoms with Crippen LogP contribution in [-0.4, -0.2) is 81.1 Å². The molecule has 0 N–H and O–H groups in total. The van der Waals surface area contributed by atoms with Crippen LogP contribution < -0.4 is 5.69 Å². The molecule has 2 aliphatic rings. The Morgan fingerprint density at radius 2 is 1.79 bits per heavy atom. The minimum Gasteiger partial charge on any atom is -0.381 e. The van der Waals surface area contributed by atoms with Crippen molar-refractivity contribution < 1.29 is 27.4 Å². The van der Waals surface area contributed by atoms with Gasteiger partial charge in [0.15, 0.2) is 5.65 Å². The Bertz CT molecular complexity index is 1620. The van der Waals surface area contributed by atoms with Crippen molar-refractivity contribution in [2.45, 2.75) is 57.2 Å². The molecule has 4 aromatic rings. The molecule has 10 nitrogen and oxygen atoms in total. The highest BCUT2D eigenvalue weighted by atomic mass is 19.4. The molecule has 2 fully saturated rings. The summed E-state index contributed by atoms with van der Waals surface area (Å²) in [4.78, 5) is 20.0. The van der Waals surface area contributed by atoms with E-state index in [0.717, 1.165) is 40.6 Å². The van der Waals surface area contributed by atoms with Gasteiger partial charge in [-0.2, -0.15) is 0 Å². The van der Waals surface area contributed by atoms with E-state index in [9.17, 15) is 18.0 Å². The van der Waals surface area contributed by atoms with Crippen molar-refractivity contribution >= 4 is 22.1 Å². The van der Waals surface area contributed by atoms with Gasteiger partial charge in [0, 0.05) is 63.1 Å². The summed E-state index contributed by atoms with van der Waals surface area (Å²) >= 11 is 0. The second-order valence-electron chi connectivity index (χ2n) is 11.2. The van der Waals surface area contributed by atoms with Gasteiger partial charge in [-0.05, 0) is 56.4 Å². The van der Waals surface area contributed by atoms with Gasteiger partial charge >= 0.3 is 12.1 Å². The number of imidazole rings is 1. The first-order valence-electron chi connectivity index (χ1n) is 14.7. The van der Waals surface area contributed by atoms with E-state index in [1.165, 1.54) is 0 Å². The molecule has 43 heavy (non-hydrogen) atoms. The summed E-state index contributed by atoms with van der Waals surface area (Å²) in [6.07, 6.45) is -1.56. The van der Waals surface area contributed by atoms with E-state index in [4.69, 9.17) is 9.47 Å². The van der Waals surface area contributed by atoms with Crippen molar-refractivity contribution in [2.75, 3.05) is 39.5 Å². The molecule has 0 bridgehead atoms. The van der Waals surface area contributed by atoms with Crippen molar-refractivity contribution in [3.63, 3.8) is 0 Å². The number of aromatic nitrogens is 5. The van der Waals surface area contributed by atoms with Gasteiger partial charge < -0.3 is 14.4 Å². The van der Waals surface area contributed by atoms with E-state index in [0.29, 0.717) is 63.5 Å². The molecule has 0 aliphatic carbocycles. The third-order valence-electron chi connectivity index (χ3n) is 8.47. The minimum atomic E-state index is -4.58. The number of piperidine rings is 1.